The van der Waals surface area contributed by atoms with Crippen molar-refractivity contribution in [1.29, 1.82) is 0 Å². The maximum atomic E-state index is 10.5. The predicted molar refractivity (Wildman–Crippen MR) is 117 cm³/mol. The summed E-state index contributed by atoms with van der Waals surface area (Å²) in [6.45, 7) is 1.55. The van der Waals surface area contributed by atoms with Crippen LogP contribution in [0.3, 0.4) is 0 Å². The van der Waals surface area contributed by atoms with Crippen LogP contribution in [0.1, 0.15) is 16.7 Å². The van der Waals surface area contributed by atoms with Gasteiger partial charge in [0.05, 0.1) is 26.4 Å². The van der Waals surface area contributed by atoms with Gasteiger partial charge in [-0.1, -0.05) is 91.0 Å². The maximum absolute atomic E-state index is 10.5. The van der Waals surface area contributed by atoms with E-state index in [1.807, 2.05) is 91.0 Å². The fourth-order valence-corrected chi connectivity index (χ4v) is 3.62. The van der Waals surface area contributed by atoms with E-state index in [4.69, 9.17) is 18.9 Å². The summed E-state index contributed by atoms with van der Waals surface area (Å²) in [5.41, 5.74) is 3.16. The second kappa shape index (κ2) is 11.2. The molecule has 4 rings (SSSR count). The van der Waals surface area contributed by atoms with Gasteiger partial charge in [-0.3, -0.25) is 0 Å². The van der Waals surface area contributed by atoms with E-state index in [-0.39, 0.29) is 0 Å². The normalized spacial score (nSPS) is 23.1. The number of aliphatic hydroxyl groups excluding tert-OH is 1. The molecule has 4 atom stereocenters. The summed E-state index contributed by atoms with van der Waals surface area (Å²) in [5, 5.41) is 10.5. The fourth-order valence-electron chi connectivity index (χ4n) is 3.62. The summed E-state index contributed by atoms with van der Waals surface area (Å²) < 4.78 is 23.9. The lowest BCUT2D eigenvalue weighted by molar-refractivity contribution is -0.153. The Balaban J connectivity index is 1.39. The summed E-state index contributed by atoms with van der Waals surface area (Å²) >= 11 is 0. The summed E-state index contributed by atoms with van der Waals surface area (Å²) in [4.78, 5) is 0. The first kappa shape index (κ1) is 21.7. The smallest absolute Gasteiger partial charge is 0.184 e. The van der Waals surface area contributed by atoms with Crippen LogP contribution in [-0.4, -0.2) is 36.3 Å². The molecule has 0 aliphatic carbocycles. The first-order valence-corrected chi connectivity index (χ1v) is 10.6. The number of hydrogen-bond donors (Lipinski definition) is 1. The number of benzene rings is 3. The summed E-state index contributed by atoms with van der Waals surface area (Å²) in [6, 6.07) is 29.8. The highest BCUT2D eigenvalue weighted by molar-refractivity contribution is 5.15. The molecule has 1 aliphatic rings. The molecule has 1 N–H and O–H groups in total. The molecule has 0 aromatic heterocycles. The quantitative estimate of drug-likeness (QED) is 0.535. The third-order valence-electron chi connectivity index (χ3n) is 5.25. The Morgan fingerprint density at radius 1 is 0.613 bits per heavy atom. The van der Waals surface area contributed by atoms with Gasteiger partial charge in [-0.2, -0.15) is 0 Å². The van der Waals surface area contributed by atoms with Crippen molar-refractivity contribution < 1.29 is 24.1 Å². The van der Waals surface area contributed by atoms with Gasteiger partial charge in [-0.15, -0.1) is 0 Å². The third-order valence-corrected chi connectivity index (χ3v) is 5.25. The van der Waals surface area contributed by atoms with Gasteiger partial charge >= 0.3 is 0 Å². The third kappa shape index (κ3) is 6.23. The number of ether oxygens (including phenoxy) is 4. The van der Waals surface area contributed by atoms with Crippen molar-refractivity contribution in [3.63, 3.8) is 0 Å². The topological polar surface area (TPSA) is 57.2 Å². The Morgan fingerprint density at radius 3 is 1.58 bits per heavy atom. The highest BCUT2D eigenvalue weighted by Gasteiger charge is 2.45. The highest BCUT2D eigenvalue weighted by atomic mass is 16.7. The van der Waals surface area contributed by atoms with Crippen molar-refractivity contribution in [2.24, 2.45) is 0 Å². The molecule has 2 unspecified atom stereocenters. The van der Waals surface area contributed by atoms with Gasteiger partial charge in [0, 0.05) is 0 Å². The van der Waals surface area contributed by atoms with Gasteiger partial charge in [0.2, 0.25) is 0 Å². The first-order chi connectivity index (χ1) is 15.3. The zero-order valence-electron chi connectivity index (χ0n) is 17.4. The van der Waals surface area contributed by atoms with E-state index >= 15 is 0 Å². The zero-order valence-corrected chi connectivity index (χ0v) is 17.4. The van der Waals surface area contributed by atoms with Crippen LogP contribution >= 0.6 is 0 Å². The molecule has 0 amide bonds. The van der Waals surface area contributed by atoms with Gasteiger partial charge in [0.25, 0.3) is 0 Å². The number of rotatable bonds is 10. The lowest BCUT2D eigenvalue weighted by Gasteiger charge is -2.24. The Labute approximate surface area is 183 Å². The molecule has 0 bridgehead atoms. The van der Waals surface area contributed by atoms with Crippen molar-refractivity contribution in [3.05, 3.63) is 108 Å². The van der Waals surface area contributed by atoms with Crippen molar-refractivity contribution in [2.75, 3.05) is 6.61 Å². The highest BCUT2D eigenvalue weighted by Crippen LogP contribution is 2.28. The minimum Gasteiger partial charge on any atom is -0.374 e. The van der Waals surface area contributed by atoms with Crippen LogP contribution < -0.4 is 0 Å². The molecule has 31 heavy (non-hydrogen) atoms. The molecule has 0 spiro atoms. The van der Waals surface area contributed by atoms with Crippen LogP contribution in [0, 0.1) is 0 Å². The largest absolute Gasteiger partial charge is 0.374 e. The molecule has 3 aromatic rings. The molecule has 0 radical (unpaired) electrons. The Morgan fingerprint density at radius 2 is 1.06 bits per heavy atom. The van der Waals surface area contributed by atoms with Crippen molar-refractivity contribution in [1.82, 2.24) is 0 Å². The van der Waals surface area contributed by atoms with Crippen LogP contribution in [0.2, 0.25) is 0 Å². The SMILES string of the molecule is OC1O[C@@H](COCc2ccccc2)[C@@H](OCc2ccccc2)C1OCc1ccccc1. The zero-order chi connectivity index (χ0) is 21.3. The van der Waals surface area contributed by atoms with Crippen LogP contribution in [-0.2, 0) is 38.8 Å². The molecule has 1 fully saturated rings. The van der Waals surface area contributed by atoms with Gasteiger partial charge in [0.15, 0.2) is 6.29 Å². The van der Waals surface area contributed by atoms with E-state index in [0.717, 1.165) is 16.7 Å². The van der Waals surface area contributed by atoms with Gasteiger partial charge in [-0.05, 0) is 16.7 Å². The molecular formula is C26H28O5. The van der Waals surface area contributed by atoms with E-state index in [9.17, 15) is 5.11 Å². The average Bonchev–Trinajstić information content (AvgIpc) is 3.12. The maximum Gasteiger partial charge on any atom is 0.184 e. The second-order valence-corrected chi connectivity index (χ2v) is 7.59. The van der Waals surface area contributed by atoms with E-state index < -0.39 is 24.6 Å². The fraction of sp³-hybridized carbons (Fsp3) is 0.308. The molecule has 162 valence electrons. The van der Waals surface area contributed by atoms with Crippen molar-refractivity contribution in [2.45, 2.75) is 44.4 Å². The van der Waals surface area contributed by atoms with Crippen LogP contribution in [0.15, 0.2) is 91.0 Å². The summed E-state index contributed by atoms with van der Waals surface area (Å²) in [6.07, 6.45) is -2.55. The number of hydrogen-bond acceptors (Lipinski definition) is 5. The number of aliphatic hydroxyl groups is 1. The standard InChI is InChI=1S/C26H28O5/c27-26-25(30-18-22-14-8-3-9-15-22)24(29-17-21-12-6-2-7-13-21)23(31-26)19-28-16-20-10-4-1-5-11-20/h1-15,23-27H,16-19H2/t23-,24+,25?,26?/m0/s1. The molecule has 3 aromatic carbocycles. The molecule has 5 nitrogen and oxygen atoms in total. The second-order valence-electron chi connectivity index (χ2n) is 7.59. The molecule has 5 heteroatoms. The molecule has 1 heterocycles. The Hall–Kier alpha value is -2.54. The van der Waals surface area contributed by atoms with E-state index in [0.29, 0.717) is 26.4 Å². The van der Waals surface area contributed by atoms with E-state index in [1.54, 1.807) is 0 Å². The predicted octanol–water partition coefficient (Wildman–Crippen LogP) is 4.09. The lowest BCUT2D eigenvalue weighted by Crippen LogP contribution is -2.39. The van der Waals surface area contributed by atoms with E-state index in [1.165, 1.54) is 0 Å². The van der Waals surface area contributed by atoms with Gasteiger partial charge in [-0.25, -0.2) is 0 Å². The molecule has 1 aliphatic heterocycles. The average molecular weight is 421 g/mol. The van der Waals surface area contributed by atoms with Gasteiger partial charge in [0.1, 0.15) is 18.3 Å². The van der Waals surface area contributed by atoms with Crippen LogP contribution in [0.4, 0.5) is 0 Å². The Bertz CT molecular complexity index is 887. The minimum atomic E-state index is -1.07. The lowest BCUT2D eigenvalue weighted by atomic mass is 10.1. The van der Waals surface area contributed by atoms with Crippen LogP contribution in [0.25, 0.3) is 0 Å². The first-order valence-electron chi connectivity index (χ1n) is 10.6. The molecular weight excluding hydrogens is 392 g/mol. The van der Waals surface area contributed by atoms with Crippen molar-refractivity contribution >= 4 is 0 Å². The van der Waals surface area contributed by atoms with Crippen molar-refractivity contribution in [3.8, 4) is 0 Å². The molecule has 1 saturated heterocycles. The van der Waals surface area contributed by atoms with Gasteiger partial charge < -0.3 is 24.1 Å². The summed E-state index contributed by atoms with van der Waals surface area (Å²) in [5.74, 6) is 0. The minimum absolute atomic E-state index is 0.302. The molecule has 0 saturated carbocycles. The summed E-state index contributed by atoms with van der Waals surface area (Å²) in [7, 11) is 0. The van der Waals surface area contributed by atoms with E-state index in [2.05, 4.69) is 0 Å². The monoisotopic (exact) mass is 420 g/mol. The van der Waals surface area contributed by atoms with Crippen LogP contribution in [0.5, 0.6) is 0 Å². The Kier molecular flexibility index (Phi) is 7.82.